The van der Waals surface area contributed by atoms with Crippen molar-refractivity contribution in [2.45, 2.75) is 32.6 Å². The van der Waals surface area contributed by atoms with Crippen LogP contribution in [0.15, 0.2) is 12.3 Å². The predicted molar refractivity (Wildman–Crippen MR) is 48.9 cm³/mol. The normalized spacial score (nSPS) is 9.42. The predicted octanol–water partition coefficient (Wildman–Crippen LogP) is 1.75. The number of unbranched alkanes of at least 4 members (excludes halogenated alkanes) is 2. The van der Waals surface area contributed by atoms with E-state index in [0.29, 0.717) is 0 Å². The fourth-order valence-electron chi connectivity index (χ4n) is 0.880. The Labute approximate surface area is 73.5 Å². The highest BCUT2D eigenvalue weighted by atomic mass is 16.4. The molecule has 0 rings (SSSR count). The van der Waals surface area contributed by atoms with Gasteiger partial charge in [0.1, 0.15) is 0 Å². The number of nitrogens with one attached hydrogen (secondary N) is 1. The van der Waals surface area contributed by atoms with Crippen LogP contribution in [0.1, 0.15) is 32.6 Å². The van der Waals surface area contributed by atoms with Crippen LogP contribution in [0.5, 0.6) is 0 Å². The van der Waals surface area contributed by atoms with Crippen LogP contribution in [-0.4, -0.2) is 17.6 Å². The number of carboxylic acid groups (broad SMARTS) is 1. The zero-order chi connectivity index (χ0) is 9.40. The van der Waals surface area contributed by atoms with Gasteiger partial charge in [-0.1, -0.05) is 13.0 Å². The van der Waals surface area contributed by atoms with Crippen molar-refractivity contribution in [2.24, 2.45) is 0 Å². The molecular weight excluding hydrogens is 154 g/mol. The largest absolute Gasteiger partial charge is 0.481 e. The van der Waals surface area contributed by atoms with Gasteiger partial charge in [-0.15, -0.1) is 0 Å². The lowest BCUT2D eigenvalue weighted by Gasteiger charge is -2.03. The molecular formula is C9H17NO2. The first-order valence-electron chi connectivity index (χ1n) is 4.24. The Kier molecular flexibility index (Phi) is 6.15. The molecule has 0 aromatic rings. The first-order chi connectivity index (χ1) is 5.63. The average Bonchev–Trinajstić information content (AvgIpc) is 1.95. The van der Waals surface area contributed by atoms with Crippen LogP contribution >= 0.6 is 0 Å². The number of hydrogen-bond acceptors (Lipinski definition) is 2. The summed E-state index contributed by atoms with van der Waals surface area (Å²) < 4.78 is 0. The molecule has 12 heavy (non-hydrogen) atoms. The molecule has 0 heterocycles. The van der Waals surface area contributed by atoms with Crippen LogP contribution in [-0.2, 0) is 4.79 Å². The second kappa shape index (κ2) is 6.70. The van der Waals surface area contributed by atoms with Gasteiger partial charge in [-0.2, -0.15) is 0 Å². The van der Waals surface area contributed by atoms with Gasteiger partial charge in [0.2, 0.25) is 0 Å². The lowest BCUT2D eigenvalue weighted by Crippen LogP contribution is -2.11. The van der Waals surface area contributed by atoms with Crippen molar-refractivity contribution in [1.82, 2.24) is 5.32 Å². The molecule has 3 nitrogen and oxygen atoms in total. The SMILES string of the molecule is C=C(C)NCCCCCC(=O)O. The number of carboxylic acids is 1. The van der Waals surface area contributed by atoms with E-state index in [4.69, 9.17) is 5.11 Å². The van der Waals surface area contributed by atoms with E-state index in [9.17, 15) is 4.79 Å². The highest BCUT2D eigenvalue weighted by molar-refractivity contribution is 5.66. The molecule has 0 aromatic heterocycles. The minimum absolute atomic E-state index is 0.285. The van der Waals surface area contributed by atoms with Crippen molar-refractivity contribution < 1.29 is 9.90 Å². The second-order valence-corrected chi connectivity index (χ2v) is 2.91. The zero-order valence-electron chi connectivity index (χ0n) is 7.60. The molecule has 0 aromatic carbocycles. The minimum atomic E-state index is -0.706. The number of aliphatic carboxylic acids is 1. The van der Waals surface area contributed by atoms with Gasteiger partial charge in [0, 0.05) is 18.7 Å². The molecule has 0 amide bonds. The fraction of sp³-hybridized carbons (Fsp3) is 0.667. The third-order valence-corrected chi connectivity index (χ3v) is 1.49. The minimum Gasteiger partial charge on any atom is -0.481 e. The summed E-state index contributed by atoms with van der Waals surface area (Å²) in [6.45, 7) is 6.51. The Morgan fingerprint density at radius 2 is 2.08 bits per heavy atom. The molecule has 0 unspecified atom stereocenters. The van der Waals surface area contributed by atoms with E-state index in [1.807, 2.05) is 6.92 Å². The third kappa shape index (κ3) is 9.01. The molecule has 0 radical (unpaired) electrons. The molecule has 0 saturated carbocycles. The highest BCUT2D eigenvalue weighted by Gasteiger charge is 1.95. The number of hydrogen-bond donors (Lipinski definition) is 2. The van der Waals surface area contributed by atoms with Gasteiger partial charge >= 0.3 is 5.97 Å². The first kappa shape index (κ1) is 11.0. The fourth-order valence-corrected chi connectivity index (χ4v) is 0.880. The standard InChI is InChI=1S/C9H17NO2/c1-8(2)10-7-5-3-4-6-9(11)12/h10H,1,3-7H2,2H3,(H,11,12). The molecule has 0 saturated heterocycles. The summed E-state index contributed by atoms with van der Waals surface area (Å²) in [4.78, 5) is 10.1. The summed E-state index contributed by atoms with van der Waals surface area (Å²) >= 11 is 0. The van der Waals surface area contributed by atoms with E-state index >= 15 is 0 Å². The van der Waals surface area contributed by atoms with Crippen LogP contribution < -0.4 is 5.32 Å². The van der Waals surface area contributed by atoms with E-state index in [0.717, 1.165) is 31.5 Å². The maximum absolute atomic E-state index is 10.1. The number of rotatable bonds is 7. The number of carbonyl (C=O) groups is 1. The second-order valence-electron chi connectivity index (χ2n) is 2.91. The van der Waals surface area contributed by atoms with E-state index in [1.165, 1.54) is 0 Å². The summed E-state index contributed by atoms with van der Waals surface area (Å²) in [7, 11) is 0. The van der Waals surface area contributed by atoms with Crippen molar-refractivity contribution >= 4 is 5.97 Å². The monoisotopic (exact) mass is 171 g/mol. The van der Waals surface area contributed by atoms with Gasteiger partial charge in [0.05, 0.1) is 0 Å². The van der Waals surface area contributed by atoms with Crippen LogP contribution in [0, 0.1) is 0 Å². The van der Waals surface area contributed by atoms with Crippen LogP contribution in [0.25, 0.3) is 0 Å². The van der Waals surface area contributed by atoms with E-state index in [-0.39, 0.29) is 6.42 Å². The Morgan fingerprint density at radius 3 is 2.58 bits per heavy atom. The van der Waals surface area contributed by atoms with Gasteiger partial charge in [0.25, 0.3) is 0 Å². The molecule has 2 N–H and O–H groups in total. The van der Waals surface area contributed by atoms with Gasteiger partial charge in [-0.05, 0) is 19.8 Å². The Hall–Kier alpha value is -0.990. The van der Waals surface area contributed by atoms with Crippen LogP contribution in [0.2, 0.25) is 0 Å². The molecule has 0 atom stereocenters. The van der Waals surface area contributed by atoms with Crippen molar-refractivity contribution in [3.63, 3.8) is 0 Å². The Morgan fingerprint density at radius 1 is 1.42 bits per heavy atom. The molecule has 0 aliphatic rings. The smallest absolute Gasteiger partial charge is 0.303 e. The maximum Gasteiger partial charge on any atom is 0.303 e. The zero-order valence-corrected chi connectivity index (χ0v) is 7.60. The van der Waals surface area contributed by atoms with Gasteiger partial charge in [-0.3, -0.25) is 4.79 Å². The van der Waals surface area contributed by atoms with Gasteiger partial charge in [0.15, 0.2) is 0 Å². The first-order valence-corrected chi connectivity index (χ1v) is 4.24. The summed E-state index contributed by atoms with van der Waals surface area (Å²) in [6.07, 6.45) is 3.03. The summed E-state index contributed by atoms with van der Waals surface area (Å²) in [5, 5.41) is 11.4. The molecule has 0 spiro atoms. The van der Waals surface area contributed by atoms with Crippen molar-refractivity contribution in [3.8, 4) is 0 Å². The number of allylic oxidation sites excluding steroid dienone is 1. The molecule has 0 fully saturated rings. The quantitative estimate of drug-likeness (QED) is 0.574. The van der Waals surface area contributed by atoms with Crippen LogP contribution in [0.3, 0.4) is 0 Å². The molecule has 70 valence electrons. The van der Waals surface area contributed by atoms with E-state index in [1.54, 1.807) is 0 Å². The van der Waals surface area contributed by atoms with E-state index < -0.39 is 5.97 Å². The van der Waals surface area contributed by atoms with Crippen molar-refractivity contribution in [2.75, 3.05) is 6.54 Å². The third-order valence-electron chi connectivity index (χ3n) is 1.49. The lowest BCUT2D eigenvalue weighted by atomic mass is 10.2. The Bertz CT molecular complexity index is 137. The van der Waals surface area contributed by atoms with Gasteiger partial charge in [-0.25, -0.2) is 0 Å². The summed E-state index contributed by atoms with van der Waals surface area (Å²) in [5.74, 6) is -0.706. The average molecular weight is 171 g/mol. The Balaban J connectivity index is 3.01. The lowest BCUT2D eigenvalue weighted by molar-refractivity contribution is -0.137. The summed E-state index contributed by atoms with van der Waals surface area (Å²) in [5.41, 5.74) is 0.966. The van der Waals surface area contributed by atoms with Gasteiger partial charge < -0.3 is 10.4 Å². The van der Waals surface area contributed by atoms with Crippen molar-refractivity contribution in [1.29, 1.82) is 0 Å². The topological polar surface area (TPSA) is 49.3 Å². The van der Waals surface area contributed by atoms with Crippen LogP contribution in [0.4, 0.5) is 0 Å². The van der Waals surface area contributed by atoms with Crippen molar-refractivity contribution in [3.05, 3.63) is 12.3 Å². The molecule has 0 aliphatic heterocycles. The maximum atomic E-state index is 10.1. The molecule has 0 bridgehead atoms. The highest BCUT2D eigenvalue weighted by Crippen LogP contribution is 1.98. The summed E-state index contributed by atoms with van der Waals surface area (Å²) in [6, 6.07) is 0. The van der Waals surface area contributed by atoms with E-state index in [2.05, 4.69) is 11.9 Å². The molecule has 0 aliphatic carbocycles. The molecule has 3 heteroatoms.